The van der Waals surface area contributed by atoms with Crippen molar-refractivity contribution < 1.29 is 0 Å². The first-order valence-corrected chi connectivity index (χ1v) is 8.30. The Balaban J connectivity index is 1.47. The van der Waals surface area contributed by atoms with Gasteiger partial charge in [0, 0.05) is 23.0 Å². The largest absolute Gasteiger partial charge is 0.0732 e. The van der Waals surface area contributed by atoms with Gasteiger partial charge < -0.3 is 0 Å². The van der Waals surface area contributed by atoms with Crippen LogP contribution in [-0.2, 0) is 0 Å². The first-order chi connectivity index (χ1) is 11.9. The van der Waals surface area contributed by atoms with Gasteiger partial charge in [0.1, 0.15) is 0 Å². The number of benzene rings is 2. The highest BCUT2D eigenvalue weighted by atomic mass is 14.1. The summed E-state index contributed by atoms with van der Waals surface area (Å²) in [5.74, 6) is 7.34. The Morgan fingerprint density at radius 3 is 1.12 bits per heavy atom. The third kappa shape index (κ3) is 3.16. The number of allylic oxidation sites excluding steroid dienone is 8. The predicted octanol–water partition coefficient (Wildman–Crippen LogP) is 5.51. The van der Waals surface area contributed by atoms with E-state index in [9.17, 15) is 0 Å². The molecular weight excluding hydrogens is 288 g/mol. The molecule has 0 saturated heterocycles. The summed E-state index contributed by atoms with van der Waals surface area (Å²) >= 11 is 0. The first kappa shape index (κ1) is 14.5. The number of hydrogen-bond donors (Lipinski definition) is 0. The van der Waals surface area contributed by atoms with E-state index >= 15 is 0 Å². The van der Waals surface area contributed by atoms with Crippen LogP contribution in [0, 0.1) is 11.8 Å². The van der Waals surface area contributed by atoms with Crippen molar-refractivity contribution in [3.8, 4) is 11.8 Å². The molecule has 0 aromatic heterocycles. The SMILES string of the molecule is C(#Cc1ccc(C2C=CC=C2)cc1)c1ccc(C2C=CC=C2)cc1. The summed E-state index contributed by atoms with van der Waals surface area (Å²) in [5.41, 5.74) is 4.73. The van der Waals surface area contributed by atoms with E-state index in [1.165, 1.54) is 11.1 Å². The van der Waals surface area contributed by atoms with Crippen LogP contribution in [0.5, 0.6) is 0 Å². The van der Waals surface area contributed by atoms with Gasteiger partial charge in [-0.3, -0.25) is 0 Å². The van der Waals surface area contributed by atoms with Crippen molar-refractivity contribution in [2.24, 2.45) is 0 Å². The van der Waals surface area contributed by atoms with Crippen LogP contribution in [0.1, 0.15) is 34.1 Å². The average Bonchev–Trinajstić information content (AvgIpc) is 3.34. The van der Waals surface area contributed by atoms with E-state index in [1.807, 2.05) is 0 Å². The summed E-state index contributed by atoms with van der Waals surface area (Å²) in [7, 11) is 0. The Labute approximate surface area is 143 Å². The third-order valence-corrected chi connectivity index (χ3v) is 4.44. The van der Waals surface area contributed by atoms with Crippen LogP contribution in [0.15, 0.2) is 97.1 Å². The minimum atomic E-state index is 0.415. The molecule has 4 rings (SSSR count). The molecule has 2 aliphatic carbocycles. The molecule has 0 atom stereocenters. The lowest BCUT2D eigenvalue weighted by atomic mass is 9.99. The highest BCUT2D eigenvalue weighted by Gasteiger charge is 2.07. The van der Waals surface area contributed by atoms with E-state index in [0.717, 1.165) is 11.1 Å². The standard InChI is InChI=1S/C24H18/c1-2-6-21(5-1)23-15-11-19(12-16-23)9-10-20-13-17-24(18-14-20)22-7-3-4-8-22/h1-8,11-18,21-22H. The van der Waals surface area contributed by atoms with Crippen LogP contribution in [-0.4, -0.2) is 0 Å². The number of rotatable bonds is 2. The van der Waals surface area contributed by atoms with Crippen LogP contribution in [0.2, 0.25) is 0 Å². The maximum absolute atomic E-state index is 3.25. The monoisotopic (exact) mass is 306 g/mol. The van der Waals surface area contributed by atoms with Crippen LogP contribution in [0.4, 0.5) is 0 Å². The van der Waals surface area contributed by atoms with Gasteiger partial charge in [-0.1, -0.05) is 84.7 Å². The van der Waals surface area contributed by atoms with E-state index in [2.05, 4.69) is 109 Å². The summed E-state index contributed by atoms with van der Waals surface area (Å²) in [6, 6.07) is 17.1. The van der Waals surface area contributed by atoms with Crippen molar-refractivity contribution in [3.63, 3.8) is 0 Å². The molecule has 0 heterocycles. The van der Waals surface area contributed by atoms with Crippen molar-refractivity contribution in [2.45, 2.75) is 11.8 Å². The second kappa shape index (κ2) is 6.60. The van der Waals surface area contributed by atoms with Crippen molar-refractivity contribution in [3.05, 3.63) is 119 Å². The van der Waals surface area contributed by atoms with Gasteiger partial charge in [0.05, 0.1) is 0 Å². The van der Waals surface area contributed by atoms with Gasteiger partial charge in [-0.15, -0.1) is 0 Å². The molecule has 0 heteroatoms. The smallest absolute Gasteiger partial charge is 0.0249 e. The molecule has 24 heavy (non-hydrogen) atoms. The highest BCUT2D eigenvalue weighted by molar-refractivity contribution is 5.46. The van der Waals surface area contributed by atoms with E-state index in [-0.39, 0.29) is 0 Å². The highest BCUT2D eigenvalue weighted by Crippen LogP contribution is 2.24. The van der Waals surface area contributed by atoms with Gasteiger partial charge in [0.25, 0.3) is 0 Å². The predicted molar refractivity (Wildman–Crippen MR) is 101 cm³/mol. The van der Waals surface area contributed by atoms with Gasteiger partial charge >= 0.3 is 0 Å². The normalized spacial score (nSPS) is 15.8. The Bertz CT molecular complexity index is 792. The van der Waals surface area contributed by atoms with E-state index < -0.39 is 0 Å². The van der Waals surface area contributed by atoms with Crippen molar-refractivity contribution in [1.29, 1.82) is 0 Å². The Morgan fingerprint density at radius 2 is 0.792 bits per heavy atom. The summed E-state index contributed by atoms with van der Waals surface area (Å²) in [6.45, 7) is 0. The van der Waals surface area contributed by atoms with Crippen LogP contribution >= 0.6 is 0 Å². The molecule has 0 saturated carbocycles. The lowest BCUT2D eigenvalue weighted by Crippen LogP contribution is -1.89. The minimum absolute atomic E-state index is 0.415. The molecule has 0 nitrogen and oxygen atoms in total. The molecule has 0 radical (unpaired) electrons. The molecule has 0 aliphatic heterocycles. The Hall–Kier alpha value is -3.04. The Morgan fingerprint density at radius 1 is 0.458 bits per heavy atom. The molecule has 2 aliphatic rings. The maximum Gasteiger partial charge on any atom is 0.0249 e. The quantitative estimate of drug-likeness (QED) is 0.642. The van der Waals surface area contributed by atoms with E-state index in [1.54, 1.807) is 0 Å². The fourth-order valence-electron chi connectivity index (χ4n) is 3.03. The summed E-state index contributed by atoms with van der Waals surface area (Å²) < 4.78 is 0. The van der Waals surface area contributed by atoms with Crippen LogP contribution < -0.4 is 0 Å². The van der Waals surface area contributed by atoms with Gasteiger partial charge in [0.2, 0.25) is 0 Å². The van der Waals surface area contributed by atoms with E-state index in [4.69, 9.17) is 0 Å². The Kier molecular flexibility index (Phi) is 4.00. The zero-order chi connectivity index (χ0) is 16.2. The molecule has 0 N–H and O–H groups in total. The van der Waals surface area contributed by atoms with Gasteiger partial charge in [-0.25, -0.2) is 0 Å². The fraction of sp³-hybridized carbons (Fsp3) is 0.0833. The van der Waals surface area contributed by atoms with Gasteiger partial charge in [-0.2, -0.15) is 0 Å². The average molecular weight is 306 g/mol. The zero-order valence-electron chi connectivity index (χ0n) is 13.4. The van der Waals surface area contributed by atoms with Crippen molar-refractivity contribution in [2.75, 3.05) is 0 Å². The summed E-state index contributed by atoms with van der Waals surface area (Å²) in [4.78, 5) is 0. The van der Waals surface area contributed by atoms with Gasteiger partial charge in [0.15, 0.2) is 0 Å². The zero-order valence-corrected chi connectivity index (χ0v) is 13.4. The molecule has 114 valence electrons. The van der Waals surface area contributed by atoms with Crippen LogP contribution in [0.3, 0.4) is 0 Å². The fourth-order valence-corrected chi connectivity index (χ4v) is 3.03. The first-order valence-electron chi connectivity index (χ1n) is 8.30. The molecular formula is C24H18. The second-order valence-corrected chi connectivity index (χ2v) is 6.09. The molecule has 0 bridgehead atoms. The summed E-state index contributed by atoms with van der Waals surface area (Å²) in [6.07, 6.45) is 17.2. The molecule has 2 aromatic carbocycles. The van der Waals surface area contributed by atoms with Crippen LogP contribution in [0.25, 0.3) is 0 Å². The van der Waals surface area contributed by atoms with Crippen molar-refractivity contribution in [1.82, 2.24) is 0 Å². The number of hydrogen-bond acceptors (Lipinski definition) is 0. The minimum Gasteiger partial charge on any atom is -0.0732 e. The molecule has 0 amide bonds. The molecule has 0 spiro atoms. The molecule has 0 fully saturated rings. The third-order valence-electron chi connectivity index (χ3n) is 4.44. The lowest BCUT2D eigenvalue weighted by Gasteiger charge is -2.05. The van der Waals surface area contributed by atoms with Crippen molar-refractivity contribution >= 4 is 0 Å². The van der Waals surface area contributed by atoms with E-state index in [0.29, 0.717) is 11.8 Å². The summed E-state index contributed by atoms with van der Waals surface area (Å²) in [5, 5.41) is 0. The maximum atomic E-state index is 3.25. The second-order valence-electron chi connectivity index (χ2n) is 6.09. The van der Waals surface area contributed by atoms with Gasteiger partial charge in [-0.05, 0) is 35.4 Å². The molecule has 2 aromatic rings. The lowest BCUT2D eigenvalue weighted by molar-refractivity contribution is 1.10. The topological polar surface area (TPSA) is 0 Å². The molecule has 0 unspecified atom stereocenters.